The molecule has 0 saturated carbocycles. The first-order valence-electron chi connectivity index (χ1n) is 10.1. The molecule has 4 aromatic rings. The van der Waals surface area contributed by atoms with E-state index in [2.05, 4.69) is 25.9 Å². The monoisotopic (exact) mass is 460 g/mol. The molecule has 0 amide bonds. The number of hydrogen-bond donors (Lipinski definition) is 2. The predicted octanol–water partition coefficient (Wildman–Crippen LogP) is 3.46. The molecule has 0 atom stereocenters. The molecule has 1 aliphatic heterocycles. The molecular formula is C22H17FN8O3. The number of benzene rings is 2. The lowest BCUT2D eigenvalue weighted by Crippen LogP contribution is -2.37. The molecule has 1 aliphatic rings. The van der Waals surface area contributed by atoms with E-state index in [0.29, 0.717) is 24.3 Å². The van der Waals surface area contributed by atoms with Gasteiger partial charge in [-0.1, -0.05) is 12.1 Å². The van der Waals surface area contributed by atoms with Crippen LogP contribution in [0, 0.1) is 27.3 Å². The molecule has 5 rings (SSSR count). The Bertz CT molecular complexity index is 1510. The minimum atomic E-state index is -1.03. The number of halogens is 1. The van der Waals surface area contributed by atoms with E-state index in [9.17, 15) is 19.8 Å². The number of nitro benzene ring substituents is 1. The summed E-state index contributed by atoms with van der Waals surface area (Å²) in [7, 11) is 1.31. The fraction of sp³-hybridized carbons (Fsp3) is 0.136. The predicted molar refractivity (Wildman–Crippen MR) is 122 cm³/mol. The van der Waals surface area contributed by atoms with Gasteiger partial charge in [-0.15, -0.1) is 0 Å². The first-order valence-corrected chi connectivity index (χ1v) is 10.1. The van der Waals surface area contributed by atoms with Crippen LogP contribution in [0.1, 0.15) is 5.56 Å². The van der Waals surface area contributed by atoms with Crippen LogP contribution in [0.3, 0.4) is 0 Å². The van der Waals surface area contributed by atoms with Gasteiger partial charge < -0.3 is 19.6 Å². The van der Waals surface area contributed by atoms with Gasteiger partial charge in [-0.05, 0) is 6.07 Å². The molecule has 3 N–H and O–H groups in total. The highest BCUT2D eigenvalue weighted by Gasteiger charge is 2.23. The van der Waals surface area contributed by atoms with Crippen molar-refractivity contribution in [1.82, 2.24) is 14.5 Å². The number of hydrazine groups is 1. The highest BCUT2D eigenvalue weighted by molar-refractivity contribution is 6.03. The largest absolute Gasteiger partial charge is 0.494 e. The summed E-state index contributed by atoms with van der Waals surface area (Å²) in [5.74, 6) is 5.20. The van der Waals surface area contributed by atoms with Gasteiger partial charge in [-0.2, -0.15) is 9.65 Å². The van der Waals surface area contributed by atoms with Crippen molar-refractivity contribution >= 4 is 33.9 Å². The maximum Gasteiger partial charge on any atom is 0.307 e. The molecule has 12 heteroatoms. The van der Waals surface area contributed by atoms with E-state index < -0.39 is 16.4 Å². The van der Waals surface area contributed by atoms with Gasteiger partial charge in [0.25, 0.3) is 0 Å². The third-order valence-corrected chi connectivity index (χ3v) is 5.64. The minimum absolute atomic E-state index is 0.0350. The molecule has 170 valence electrons. The second-order valence-corrected chi connectivity index (χ2v) is 7.56. The third kappa shape index (κ3) is 3.31. The van der Waals surface area contributed by atoms with E-state index in [1.807, 2.05) is 24.4 Å². The Morgan fingerprint density at radius 3 is 2.91 bits per heavy atom. The van der Waals surface area contributed by atoms with Crippen molar-refractivity contribution in [3.05, 3.63) is 64.2 Å². The average Bonchev–Trinajstić information content (AvgIpc) is 3.21. The van der Waals surface area contributed by atoms with Crippen molar-refractivity contribution in [3.63, 3.8) is 0 Å². The second kappa shape index (κ2) is 7.98. The first-order chi connectivity index (χ1) is 16.4. The Hall–Kier alpha value is -4.76. The standard InChI is InChI=1S/C22H17FN8O3/c1-34-19-7-15(23)18(31(32)33)8-16(19)27-22-26-10-12(9-24)20(28-22)14-11-29-5-6-30(25)17-4-2-3-13(14)21(17)29/h2-4,7-8,10-11H,5-6,25H2,1H3,(H,26,27,28). The molecule has 11 nitrogen and oxygen atoms in total. The van der Waals surface area contributed by atoms with Gasteiger partial charge in [0.05, 0.1) is 52.9 Å². The zero-order valence-corrected chi connectivity index (χ0v) is 17.8. The van der Waals surface area contributed by atoms with Crippen LogP contribution in [-0.2, 0) is 6.54 Å². The van der Waals surface area contributed by atoms with Crippen LogP contribution in [-0.4, -0.2) is 33.1 Å². The van der Waals surface area contributed by atoms with Crippen LogP contribution < -0.4 is 20.9 Å². The Balaban J connectivity index is 1.64. The first kappa shape index (κ1) is 21.1. The van der Waals surface area contributed by atoms with Crippen molar-refractivity contribution in [3.8, 4) is 23.1 Å². The molecule has 0 spiro atoms. The van der Waals surface area contributed by atoms with E-state index in [0.717, 1.165) is 28.7 Å². The lowest BCUT2D eigenvalue weighted by molar-refractivity contribution is -0.387. The number of anilines is 3. The number of nitro groups is 1. The molecule has 0 fully saturated rings. The van der Waals surface area contributed by atoms with Crippen molar-refractivity contribution in [2.75, 3.05) is 24.0 Å². The quantitative estimate of drug-likeness (QED) is 0.259. The molecule has 2 aromatic carbocycles. The van der Waals surface area contributed by atoms with Gasteiger partial charge >= 0.3 is 5.69 Å². The van der Waals surface area contributed by atoms with E-state index in [1.54, 1.807) is 5.01 Å². The number of rotatable bonds is 5. The number of methoxy groups -OCH3 is 1. The number of para-hydroxylation sites is 1. The van der Waals surface area contributed by atoms with Crippen molar-refractivity contribution in [2.24, 2.45) is 5.84 Å². The Kier molecular flexibility index (Phi) is 4.95. The zero-order valence-electron chi connectivity index (χ0n) is 17.8. The topological polar surface area (TPSA) is 148 Å². The van der Waals surface area contributed by atoms with Crippen LogP contribution in [0.4, 0.5) is 27.4 Å². The minimum Gasteiger partial charge on any atom is -0.494 e. The summed E-state index contributed by atoms with van der Waals surface area (Å²) >= 11 is 0. The number of nitrogens with zero attached hydrogens (tertiary/aromatic N) is 6. The van der Waals surface area contributed by atoms with Gasteiger partial charge in [0.15, 0.2) is 0 Å². The van der Waals surface area contributed by atoms with Crippen LogP contribution in [0.25, 0.3) is 22.2 Å². The van der Waals surface area contributed by atoms with E-state index >= 15 is 0 Å². The summed E-state index contributed by atoms with van der Waals surface area (Å²) in [5.41, 5.74) is 2.51. The van der Waals surface area contributed by atoms with Gasteiger partial charge in [0, 0.05) is 35.8 Å². The molecule has 0 radical (unpaired) electrons. The lowest BCUT2D eigenvalue weighted by atomic mass is 10.1. The van der Waals surface area contributed by atoms with E-state index in [-0.39, 0.29) is 22.9 Å². The number of ether oxygens (including phenoxy) is 1. The average molecular weight is 460 g/mol. The third-order valence-electron chi connectivity index (χ3n) is 5.64. The summed E-state index contributed by atoms with van der Waals surface area (Å²) in [6, 6.07) is 9.75. The van der Waals surface area contributed by atoms with E-state index in [4.69, 9.17) is 10.6 Å². The van der Waals surface area contributed by atoms with Gasteiger partial charge in [0.2, 0.25) is 11.8 Å². The summed E-state index contributed by atoms with van der Waals surface area (Å²) in [5, 5.41) is 26.3. The summed E-state index contributed by atoms with van der Waals surface area (Å²) < 4.78 is 21.2. The zero-order chi connectivity index (χ0) is 24.0. The highest BCUT2D eigenvalue weighted by atomic mass is 19.1. The van der Waals surface area contributed by atoms with Crippen molar-refractivity contribution in [2.45, 2.75) is 6.54 Å². The van der Waals surface area contributed by atoms with Crippen LogP contribution in [0.2, 0.25) is 0 Å². The highest BCUT2D eigenvalue weighted by Crippen LogP contribution is 2.38. The Morgan fingerprint density at radius 2 is 2.18 bits per heavy atom. The van der Waals surface area contributed by atoms with Crippen LogP contribution in [0.15, 0.2) is 42.7 Å². The molecule has 2 aromatic heterocycles. The van der Waals surface area contributed by atoms with Crippen molar-refractivity contribution < 1.29 is 14.1 Å². The number of nitrogens with one attached hydrogen (secondary N) is 1. The van der Waals surface area contributed by atoms with Gasteiger partial charge in [0.1, 0.15) is 11.8 Å². The summed E-state index contributed by atoms with van der Waals surface area (Å²) in [6.45, 7) is 1.30. The fourth-order valence-corrected chi connectivity index (χ4v) is 4.07. The second-order valence-electron chi connectivity index (χ2n) is 7.56. The van der Waals surface area contributed by atoms with Crippen LogP contribution in [0.5, 0.6) is 5.75 Å². The molecule has 34 heavy (non-hydrogen) atoms. The summed E-state index contributed by atoms with van der Waals surface area (Å²) in [4.78, 5) is 19.0. The maximum absolute atomic E-state index is 14.0. The molecule has 0 aliphatic carbocycles. The number of hydrogen-bond acceptors (Lipinski definition) is 9. The maximum atomic E-state index is 14.0. The Morgan fingerprint density at radius 1 is 1.35 bits per heavy atom. The molecular weight excluding hydrogens is 443 g/mol. The Labute approximate surface area is 191 Å². The smallest absolute Gasteiger partial charge is 0.307 e. The molecule has 3 heterocycles. The van der Waals surface area contributed by atoms with E-state index in [1.165, 1.54) is 13.3 Å². The van der Waals surface area contributed by atoms with Crippen LogP contribution >= 0.6 is 0 Å². The van der Waals surface area contributed by atoms with Gasteiger partial charge in [-0.3, -0.25) is 10.1 Å². The number of nitriles is 1. The molecule has 0 saturated heterocycles. The molecule has 0 unspecified atom stereocenters. The number of nitrogens with two attached hydrogens (primary N) is 1. The van der Waals surface area contributed by atoms with Gasteiger partial charge in [-0.25, -0.2) is 15.8 Å². The summed E-state index contributed by atoms with van der Waals surface area (Å²) in [6.07, 6.45) is 3.27. The number of aromatic nitrogens is 3. The van der Waals surface area contributed by atoms with Crippen molar-refractivity contribution in [1.29, 1.82) is 5.26 Å². The lowest BCUT2D eigenvalue weighted by Gasteiger charge is -2.25. The molecule has 0 bridgehead atoms. The fourth-order valence-electron chi connectivity index (χ4n) is 4.07. The SMILES string of the molecule is COc1cc(F)c([N+](=O)[O-])cc1Nc1ncc(C#N)c(-c2cn3c4c(cccc24)N(N)CC3)n1. The normalized spacial score (nSPS) is 12.5.